The summed E-state index contributed by atoms with van der Waals surface area (Å²) < 4.78 is 8.96. The first-order valence-corrected chi connectivity index (χ1v) is 16.0. The van der Waals surface area contributed by atoms with E-state index in [1.165, 1.54) is 16.2 Å². The van der Waals surface area contributed by atoms with E-state index in [0.29, 0.717) is 17.5 Å². The van der Waals surface area contributed by atoms with Gasteiger partial charge >= 0.3 is 0 Å². The Balaban J connectivity index is 1.29. The maximum absolute atomic E-state index is 6.65. The van der Waals surface area contributed by atoms with E-state index in [2.05, 4.69) is 120 Å². The van der Waals surface area contributed by atoms with E-state index in [4.69, 9.17) is 19.4 Å². The Labute approximate surface area is 275 Å². The van der Waals surface area contributed by atoms with Crippen molar-refractivity contribution in [1.82, 2.24) is 19.5 Å². The average Bonchev–Trinajstić information content (AvgIpc) is 3.70. The Hall–Kier alpha value is -6.59. The summed E-state index contributed by atoms with van der Waals surface area (Å²) in [6.45, 7) is 0. The van der Waals surface area contributed by atoms with E-state index in [-0.39, 0.29) is 0 Å². The predicted molar refractivity (Wildman–Crippen MR) is 195 cm³/mol. The van der Waals surface area contributed by atoms with Crippen molar-refractivity contribution in [3.63, 3.8) is 0 Å². The molecule has 0 saturated carbocycles. The Bertz CT molecular complexity index is 2800. The number of rotatable bonds is 4. The summed E-state index contributed by atoms with van der Waals surface area (Å²) in [6, 6.07) is 54.4. The van der Waals surface area contributed by atoms with Crippen LogP contribution in [0.5, 0.6) is 0 Å². The van der Waals surface area contributed by atoms with E-state index >= 15 is 0 Å². The van der Waals surface area contributed by atoms with E-state index < -0.39 is 0 Å². The van der Waals surface area contributed by atoms with Crippen LogP contribution in [0.25, 0.3) is 94.4 Å². The van der Waals surface area contributed by atoms with E-state index in [9.17, 15) is 0 Å². The third-order valence-corrected chi connectivity index (χ3v) is 9.21. The van der Waals surface area contributed by atoms with Crippen molar-refractivity contribution in [3.05, 3.63) is 158 Å². The molecular weight excluding hydrogens is 589 g/mol. The van der Waals surface area contributed by atoms with Crippen LogP contribution < -0.4 is 0 Å². The molecule has 48 heavy (non-hydrogen) atoms. The fraction of sp³-hybridized carbons (Fsp3) is 0. The van der Waals surface area contributed by atoms with Crippen molar-refractivity contribution < 1.29 is 4.42 Å². The number of nitrogens with zero attached hydrogens (tertiary/aromatic N) is 4. The first-order valence-electron chi connectivity index (χ1n) is 16.0. The predicted octanol–water partition coefficient (Wildman–Crippen LogP) is 11.0. The molecule has 10 rings (SSSR count). The Morgan fingerprint density at radius 1 is 0.396 bits per heavy atom. The standard InChI is InChI=1S/C43H26N4O/c1-2-13-28(14-3-1)41-44-42(30-23-22-27-12-4-5-15-29(27)24-30)46-43(45-41)31-25-35-34-18-8-11-21-39(34)48-40(35)38(26-31)47-36-19-9-6-16-32(36)33-17-7-10-20-37(33)47/h1-26H. The molecule has 0 radical (unpaired) electrons. The zero-order valence-corrected chi connectivity index (χ0v) is 25.7. The second kappa shape index (κ2) is 10.5. The summed E-state index contributed by atoms with van der Waals surface area (Å²) >= 11 is 0. The van der Waals surface area contributed by atoms with Gasteiger partial charge in [0, 0.05) is 38.2 Å². The molecule has 0 aliphatic heterocycles. The van der Waals surface area contributed by atoms with Gasteiger partial charge in [-0.05, 0) is 47.2 Å². The molecule has 3 heterocycles. The minimum atomic E-state index is 0.598. The van der Waals surface area contributed by atoms with Crippen LogP contribution >= 0.6 is 0 Å². The summed E-state index contributed by atoms with van der Waals surface area (Å²) in [6.07, 6.45) is 0. The first kappa shape index (κ1) is 26.6. The molecule has 224 valence electrons. The minimum Gasteiger partial charge on any atom is -0.454 e. The molecule has 3 aromatic heterocycles. The Kier molecular flexibility index (Phi) is 5.81. The molecule has 0 unspecified atom stereocenters. The van der Waals surface area contributed by atoms with Gasteiger partial charge in [-0.3, -0.25) is 0 Å². The van der Waals surface area contributed by atoms with Gasteiger partial charge in [-0.1, -0.05) is 121 Å². The van der Waals surface area contributed by atoms with Gasteiger partial charge in [-0.25, -0.2) is 15.0 Å². The highest BCUT2D eigenvalue weighted by Gasteiger charge is 2.21. The summed E-state index contributed by atoms with van der Waals surface area (Å²) in [7, 11) is 0. The number of furan rings is 1. The van der Waals surface area contributed by atoms with Gasteiger partial charge in [0.05, 0.1) is 16.7 Å². The molecule has 0 spiro atoms. The zero-order chi connectivity index (χ0) is 31.6. The second-order valence-electron chi connectivity index (χ2n) is 12.1. The molecule has 5 heteroatoms. The fourth-order valence-corrected chi connectivity index (χ4v) is 6.97. The number of fused-ring (bicyclic) bond motifs is 7. The van der Waals surface area contributed by atoms with Crippen LogP contribution in [0.3, 0.4) is 0 Å². The van der Waals surface area contributed by atoms with Crippen molar-refractivity contribution in [2.24, 2.45) is 0 Å². The normalized spacial score (nSPS) is 11.8. The molecule has 0 saturated heterocycles. The van der Waals surface area contributed by atoms with Gasteiger partial charge in [0.25, 0.3) is 0 Å². The van der Waals surface area contributed by atoms with Crippen LogP contribution in [-0.4, -0.2) is 19.5 Å². The van der Waals surface area contributed by atoms with Crippen molar-refractivity contribution in [2.75, 3.05) is 0 Å². The molecule has 0 aliphatic carbocycles. The molecule has 0 atom stereocenters. The van der Waals surface area contributed by atoms with E-state index in [1.807, 2.05) is 42.5 Å². The second-order valence-corrected chi connectivity index (χ2v) is 12.1. The average molecular weight is 615 g/mol. The van der Waals surface area contributed by atoms with Crippen LogP contribution in [0.2, 0.25) is 0 Å². The lowest BCUT2D eigenvalue weighted by molar-refractivity contribution is 0.666. The lowest BCUT2D eigenvalue weighted by atomic mass is 10.1. The molecule has 7 aromatic carbocycles. The monoisotopic (exact) mass is 614 g/mol. The van der Waals surface area contributed by atoms with Crippen LogP contribution in [0, 0.1) is 0 Å². The van der Waals surface area contributed by atoms with Gasteiger partial charge in [0.15, 0.2) is 23.1 Å². The summed E-state index contributed by atoms with van der Waals surface area (Å²) in [5, 5.41) is 6.74. The molecule has 0 N–H and O–H groups in total. The third kappa shape index (κ3) is 4.15. The summed E-state index contributed by atoms with van der Waals surface area (Å²) in [4.78, 5) is 15.3. The molecule has 0 amide bonds. The molecule has 10 aromatic rings. The highest BCUT2D eigenvalue weighted by molar-refractivity contribution is 6.13. The maximum Gasteiger partial charge on any atom is 0.164 e. The van der Waals surface area contributed by atoms with E-state index in [1.54, 1.807) is 0 Å². The highest BCUT2D eigenvalue weighted by Crippen LogP contribution is 2.40. The van der Waals surface area contributed by atoms with Crippen molar-refractivity contribution in [3.8, 4) is 39.9 Å². The van der Waals surface area contributed by atoms with Gasteiger partial charge in [0.1, 0.15) is 5.58 Å². The van der Waals surface area contributed by atoms with Crippen molar-refractivity contribution in [2.45, 2.75) is 0 Å². The zero-order valence-electron chi connectivity index (χ0n) is 25.7. The smallest absolute Gasteiger partial charge is 0.164 e. The topological polar surface area (TPSA) is 56.7 Å². The first-order chi connectivity index (χ1) is 23.8. The number of para-hydroxylation sites is 3. The quantitative estimate of drug-likeness (QED) is 0.198. The largest absolute Gasteiger partial charge is 0.454 e. The van der Waals surface area contributed by atoms with Crippen LogP contribution in [0.15, 0.2) is 162 Å². The van der Waals surface area contributed by atoms with Gasteiger partial charge < -0.3 is 8.98 Å². The number of hydrogen-bond acceptors (Lipinski definition) is 4. The maximum atomic E-state index is 6.65. The van der Waals surface area contributed by atoms with Crippen molar-refractivity contribution >= 4 is 54.5 Å². The summed E-state index contributed by atoms with van der Waals surface area (Å²) in [5.74, 6) is 1.85. The molecule has 0 aliphatic rings. The van der Waals surface area contributed by atoms with Crippen LogP contribution in [0.1, 0.15) is 0 Å². The van der Waals surface area contributed by atoms with Gasteiger partial charge in [-0.15, -0.1) is 0 Å². The van der Waals surface area contributed by atoms with Crippen LogP contribution in [-0.2, 0) is 0 Å². The SMILES string of the molecule is c1ccc(-c2nc(-c3ccc4ccccc4c3)nc(-c3cc(-n4c5ccccc5c5ccccc54)c4oc5ccccc5c4c3)n2)cc1. The lowest BCUT2D eigenvalue weighted by Gasteiger charge is -2.13. The highest BCUT2D eigenvalue weighted by atomic mass is 16.3. The Morgan fingerprint density at radius 3 is 1.73 bits per heavy atom. The van der Waals surface area contributed by atoms with E-state index in [0.717, 1.165) is 60.7 Å². The molecular formula is C43H26N4O. The molecule has 0 bridgehead atoms. The number of aromatic nitrogens is 4. The fourth-order valence-electron chi connectivity index (χ4n) is 6.97. The number of hydrogen-bond donors (Lipinski definition) is 0. The Morgan fingerprint density at radius 2 is 0.979 bits per heavy atom. The van der Waals surface area contributed by atoms with Gasteiger partial charge in [0.2, 0.25) is 0 Å². The van der Waals surface area contributed by atoms with Gasteiger partial charge in [-0.2, -0.15) is 0 Å². The summed E-state index contributed by atoms with van der Waals surface area (Å²) in [5.41, 5.74) is 7.55. The van der Waals surface area contributed by atoms with Crippen LogP contribution in [0.4, 0.5) is 0 Å². The number of benzene rings is 7. The molecule has 5 nitrogen and oxygen atoms in total. The molecule has 0 fully saturated rings. The lowest BCUT2D eigenvalue weighted by Crippen LogP contribution is -2.01. The third-order valence-electron chi connectivity index (χ3n) is 9.21. The van der Waals surface area contributed by atoms with Crippen molar-refractivity contribution in [1.29, 1.82) is 0 Å². The minimum absolute atomic E-state index is 0.598.